The third-order valence-corrected chi connectivity index (χ3v) is 6.53. The number of benzene rings is 1. The zero-order chi connectivity index (χ0) is 21.5. The molecule has 0 aliphatic carbocycles. The van der Waals surface area contributed by atoms with Crippen LogP contribution in [0.3, 0.4) is 0 Å². The summed E-state index contributed by atoms with van der Waals surface area (Å²) in [5.74, 6) is -0.454. The Hall–Kier alpha value is -3.07. The van der Waals surface area contributed by atoms with Crippen LogP contribution in [0.2, 0.25) is 0 Å². The van der Waals surface area contributed by atoms with E-state index in [-0.39, 0.29) is 24.7 Å². The lowest BCUT2D eigenvalue weighted by Crippen LogP contribution is -2.42. The van der Waals surface area contributed by atoms with Gasteiger partial charge in [0.15, 0.2) is 0 Å². The first-order chi connectivity index (χ1) is 14.3. The smallest absolute Gasteiger partial charge is 0.265 e. The summed E-state index contributed by atoms with van der Waals surface area (Å²) >= 11 is 1.35. The number of nitrogens with zero attached hydrogens (tertiary/aromatic N) is 3. The molecule has 0 saturated carbocycles. The van der Waals surface area contributed by atoms with Gasteiger partial charge in [0.1, 0.15) is 22.1 Å². The number of halogens is 1. The molecule has 4 rings (SSSR count). The molecule has 30 heavy (non-hydrogen) atoms. The lowest BCUT2D eigenvalue weighted by Gasteiger charge is -2.24. The van der Waals surface area contributed by atoms with Gasteiger partial charge in [-0.2, -0.15) is 0 Å². The van der Waals surface area contributed by atoms with E-state index >= 15 is 0 Å². The molecular formula is C21H21FN4O3S. The molecule has 1 aromatic carbocycles. The average Bonchev–Trinajstić information content (AvgIpc) is 3.42. The minimum Gasteiger partial charge on any atom is -0.369 e. The molecule has 2 aromatic heterocycles. The van der Waals surface area contributed by atoms with Crippen LogP contribution in [-0.4, -0.2) is 39.9 Å². The number of thiazole rings is 1. The average molecular weight is 428 g/mol. The molecule has 0 bridgehead atoms. The summed E-state index contributed by atoms with van der Waals surface area (Å²) < 4.78 is 18.6. The molecule has 1 saturated heterocycles. The Balaban J connectivity index is 1.53. The maximum Gasteiger partial charge on any atom is 0.265 e. The number of primary amides is 1. The topological polar surface area (TPSA) is 102 Å². The highest BCUT2D eigenvalue weighted by atomic mass is 32.1. The van der Waals surface area contributed by atoms with Crippen LogP contribution >= 0.6 is 11.3 Å². The van der Waals surface area contributed by atoms with Gasteiger partial charge in [0, 0.05) is 31.1 Å². The van der Waals surface area contributed by atoms with E-state index in [0.717, 1.165) is 5.01 Å². The number of aromatic nitrogens is 2. The third kappa shape index (κ3) is 3.72. The van der Waals surface area contributed by atoms with Crippen LogP contribution in [0.4, 0.5) is 4.39 Å². The fourth-order valence-electron chi connectivity index (χ4n) is 3.84. The zero-order valence-corrected chi connectivity index (χ0v) is 17.5. The number of nitrogens with two attached hydrogens (primary N) is 1. The van der Waals surface area contributed by atoms with Crippen molar-refractivity contribution in [2.75, 3.05) is 13.1 Å². The molecule has 2 amide bonds. The summed E-state index contributed by atoms with van der Waals surface area (Å²) in [6.45, 7) is 4.30. The first kappa shape index (κ1) is 20.2. The Kier molecular flexibility index (Phi) is 5.15. The van der Waals surface area contributed by atoms with Gasteiger partial charge in [-0.05, 0) is 44.5 Å². The summed E-state index contributed by atoms with van der Waals surface area (Å²) in [5, 5.41) is 4.85. The fourth-order valence-corrected chi connectivity index (χ4v) is 4.73. The van der Waals surface area contributed by atoms with Crippen molar-refractivity contribution in [3.63, 3.8) is 0 Å². The Labute approximate surface area is 176 Å². The van der Waals surface area contributed by atoms with Crippen LogP contribution in [0.25, 0.3) is 11.3 Å². The Morgan fingerprint density at radius 3 is 2.67 bits per heavy atom. The second-order valence-electron chi connectivity index (χ2n) is 7.63. The first-order valence-corrected chi connectivity index (χ1v) is 10.3. The van der Waals surface area contributed by atoms with E-state index in [1.165, 1.54) is 23.5 Å². The number of rotatable bonds is 5. The van der Waals surface area contributed by atoms with Crippen molar-refractivity contribution in [1.29, 1.82) is 0 Å². The second kappa shape index (κ2) is 7.64. The number of hydrogen-bond donors (Lipinski definition) is 1. The van der Waals surface area contributed by atoms with Gasteiger partial charge in [-0.15, -0.1) is 11.3 Å². The predicted octanol–water partition coefficient (Wildman–Crippen LogP) is 3.11. The number of aryl methyl sites for hydroxylation is 2. The number of hydrogen-bond acceptors (Lipinski definition) is 6. The second-order valence-corrected chi connectivity index (χ2v) is 8.83. The maximum atomic E-state index is 13.1. The van der Waals surface area contributed by atoms with Crippen molar-refractivity contribution < 1.29 is 18.5 Å². The SMILES string of the molecule is Cc1nc(C)c(C(=O)N2CC[C@@](Cc3cc(-c4ccc(F)cc4)no3)(C(N)=O)C2)s1. The van der Waals surface area contributed by atoms with Crippen molar-refractivity contribution in [1.82, 2.24) is 15.0 Å². The van der Waals surface area contributed by atoms with E-state index in [4.69, 9.17) is 10.3 Å². The molecule has 3 aromatic rings. The summed E-state index contributed by atoms with van der Waals surface area (Å²) in [6, 6.07) is 7.63. The van der Waals surface area contributed by atoms with Gasteiger partial charge in [-0.25, -0.2) is 9.37 Å². The summed E-state index contributed by atoms with van der Waals surface area (Å²) in [4.78, 5) is 31.9. The Morgan fingerprint density at radius 1 is 1.30 bits per heavy atom. The highest BCUT2D eigenvalue weighted by Gasteiger charge is 2.46. The molecule has 0 unspecified atom stereocenters. The van der Waals surface area contributed by atoms with Crippen molar-refractivity contribution in [3.05, 3.63) is 57.5 Å². The van der Waals surface area contributed by atoms with Crippen LogP contribution in [0.15, 0.2) is 34.9 Å². The van der Waals surface area contributed by atoms with Gasteiger partial charge in [0.05, 0.1) is 16.1 Å². The van der Waals surface area contributed by atoms with Gasteiger partial charge in [0.25, 0.3) is 5.91 Å². The molecule has 0 spiro atoms. The molecule has 3 heterocycles. The minimum atomic E-state index is -0.928. The molecule has 1 aliphatic heterocycles. The molecule has 9 heteroatoms. The van der Waals surface area contributed by atoms with Crippen molar-refractivity contribution in [2.45, 2.75) is 26.7 Å². The minimum absolute atomic E-state index is 0.134. The first-order valence-electron chi connectivity index (χ1n) is 9.52. The number of carbonyl (C=O) groups is 2. The number of amides is 2. The Morgan fingerprint density at radius 2 is 2.03 bits per heavy atom. The van der Waals surface area contributed by atoms with E-state index < -0.39 is 11.3 Å². The number of likely N-dealkylation sites (tertiary alicyclic amines) is 1. The molecule has 1 aliphatic rings. The molecule has 1 fully saturated rings. The van der Waals surface area contributed by atoms with E-state index in [0.29, 0.717) is 40.6 Å². The van der Waals surface area contributed by atoms with Gasteiger partial charge in [-0.3, -0.25) is 9.59 Å². The molecular weight excluding hydrogens is 407 g/mol. The molecule has 7 nitrogen and oxygen atoms in total. The third-order valence-electron chi connectivity index (χ3n) is 5.47. The van der Waals surface area contributed by atoms with Crippen molar-refractivity contribution in [3.8, 4) is 11.3 Å². The van der Waals surface area contributed by atoms with Crippen LogP contribution in [0.5, 0.6) is 0 Å². The molecule has 2 N–H and O–H groups in total. The largest absolute Gasteiger partial charge is 0.369 e. The predicted molar refractivity (Wildman–Crippen MR) is 109 cm³/mol. The van der Waals surface area contributed by atoms with E-state index in [9.17, 15) is 14.0 Å². The standard InChI is InChI=1S/C21H21FN4O3S/c1-12-18(30-13(2)24-12)19(27)26-8-7-21(11-26,20(23)28)10-16-9-17(25-29-16)14-3-5-15(22)6-4-14/h3-6,9H,7-8,10-11H2,1-2H3,(H2,23,28)/t21-/m0/s1. The fraction of sp³-hybridized carbons (Fsp3) is 0.333. The van der Waals surface area contributed by atoms with Crippen LogP contribution in [-0.2, 0) is 11.2 Å². The summed E-state index contributed by atoms with van der Waals surface area (Å²) in [5.41, 5.74) is 6.78. The van der Waals surface area contributed by atoms with Gasteiger partial charge in [0.2, 0.25) is 5.91 Å². The monoisotopic (exact) mass is 428 g/mol. The van der Waals surface area contributed by atoms with Crippen molar-refractivity contribution >= 4 is 23.2 Å². The van der Waals surface area contributed by atoms with Crippen LogP contribution in [0, 0.1) is 25.1 Å². The van der Waals surface area contributed by atoms with Gasteiger partial charge < -0.3 is 15.2 Å². The highest BCUT2D eigenvalue weighted by Crippen LogP contribution is 2.36. The van der Waals surface area contributed by atoms with Gasteiger partial charge >= 0.3 is 0 Å². The van der Waals surface area contributed by atoms with Gasteiger partial charge in [-0.1, -0.05) is 5.16 Å². The molecule has 1 atom stereocenters. The molecule has 0 radical (unpaired) electrons. The molecule has 156 valence electrons. The summed E-state index contributed by atoms with van der Waals surface area (Å²) in [7, 11) is 0. The van der Waals surface area contributed by atoms with E-state index in [2.05, 4.69) is 10.1 Å². The van der Waals surface area contributed by atoms with Crippen molar-refractivity contribution in [2.24, 2.45) is 11.1 Å². The van der Waals surface area contributed by atoms with Crippen LogP contribution in [0.1, 0.15) is 32.6 Å². The Bertz CT molecular complexity index is 1110. The lowest BCUT2D eigenvalue weighted by atomic mass is 9.82. The van der Waals surface area contributed by atoms with Crippen LogP contribution < -0.4 is 5.73 Å². The normalized spacial score (nSPS) is 18.7. The van der Waals surface area contributed by atoms with E-state index in [1.807, 2.05) is 6.92 Å². The maximum absolute atomic E-state index is 13.1. The zero-order valence-electron chi connectivity index (χ0n) is 16.6. The lowest BCUT2D eigenvalue weighted by molar-refractivity contribution is -0.127. The quantitative estimate of drug-likeness (QED) is 0.673. The van der Waals surface area contributed by atoms with E-state index in [1.54, 1.807) is 30.0 Å². The highest BCUT2D eigenvalue weighted by molar-refractivity contribution is 7.13. The number of carbonyl (C=O) groups excluding carboxylic acids is 2. The summed E-state index contributed by atoms with van der Waals surface area (Å²) in [6.07, 6.45) is 0.679.